The second-order valence-electron chi connectivity index (χ2n) is 6.74. The maximum Gasteiger partial charge on any atom is 0.326 e. The molecule has 144 valence electrons. The summed E-state index contributed by atoms with van der Waals surface area (Å²) in [5.41, 5.74) is 2.63. The maximum absolute atomic E-state index is 12.7. The number of hydrogen-bond donors (Lipinski definition) is 2. The lowest BCUT2D eigenvalue weighted by Crippen LogP contribution is -2.44. The predicted molar refractivity (Wildman–Crippen MR) is 105 cm³/mol. The van der Waals surface area contributed by atoms with Gasteiger partial charge in [0.05, 0.1) is 12.5 Å². The number of benzene rings is 2. The summed E-state index contributed by atoms with van der Waals surface area (Å²) in [5, 5.41) is 12.1. The normalized spacial score (nSPS) is 16.2. The third-order valence-corrected chi connectivity index (χ3v) is 4.76. The van der Waals surface area contributed by atoms with E-state index in [0.29, 0.717) is 0 Å². The fourth-order valence-electron chi connectivity index (χ4n) is 3.39. The van der Waals surface area contributed by atoms with Crippen LogP contribution in [0.3, 0.4) is 0 Å². The van der Waals surface area contributed by atoms with E-state index in [4.69, 9.17) is 0 Å². The molecule has 2 aromatic rings. The van der Waals surface area contributed by atoms with Crippen molar-refractivity contribution in [3.8, 4) is 0 Å². The summed E-state index contributed by atoms with van der Waals surface area (Å²) >= 11 is 0. The quantitative estimate of drug-likeness (QED) is 0.809. The Morgan fingerprint density at radius 3 is 2.43 bits per heavy atom. The van der Waals surface area contributed by atoms with Crippen LogP contribution < -0.4 is 5.32 Å². The number of aliphatic carboxylic acids is 1. The van der Waals surface area contributed by atoms with E-state index in [1.54, 1.807) is 6.20 Å². The molecule has 28 heavy (non-hydrogen) atoms. The van der Waals surface area contributed by atoms with Crippen molar-refractivity contribution in [3.05, 3.63) is 77.5 Å². The van der Waals surface area contributed by atoms with Crippen LogP contribution in [0.1, 0.15) is 36.1 Å². The molecule has 1 aliphatic heterocycles. The lowest BCUT2D eigenvalue weighted by Gasteiger charge is -2.32. The minimum Gasteiger partial charge on any atom is -0.480 e. The number of carbonyl (C=O) groups excluding carboxylic acids is 2. The van der Waals surface area contributed by atoms with Gasteiger partial charge in [0.15, 0.2) is 0 Å². The molecule has 0 bridgehead atoms. The number of carboxylic acid groups (broad SMARTS) is 1. The number of rotatable bonds is 6. The van der Waals surface area contributed by atoms with Crippen LogP contribution in [0, 0.1) is 0 Å². The molecule has 2 amide bonds. The first-order chi connectivity index (χ1) is 13.5. The predicted octanol–water partition coefficient (Wildman–Crippen LogP) is 2.76. The Kier molecular flexibility index (Phi) is 5.89. The molecule has 6 heteroatoms. The van der Waals surface area contributed by atoms with Gasteiger partial charge in [-0.15, -0.1) is 0 Å². The average molecular weight is 378 g/mol. The highest BCUT2D eigenvalue weighted by Crippen LogP contribution is 2.32. The molecule has 1 aliphatic rings. The summed E-state index contributed by atoms with van der Waals surface area (Å²) in [5.74, 6) is -1.68. The molecule has 0 radical (unpaired) electrons. The molecule has 0 fully saturated rings. The van der Waals surface area contributed by atoms with Crippen molar-refractivity contribution in [3.63, 3.8) is 0 Å². The first-order valence-electron chi connectivity index (χ1n) is 9.08. The third kappa shape index (κ3) is 4.46. The van der Waals surface area contributed by atoms with Gasteiger partial charge in [-0.1, -0.05) is 54.6 Å². The van der Waals surface area contributed by atoms with Crippen LogP contribution in [0.5, 0.6) is 0 Å². The highest BCUT2D eigenvalue weighted by atomic mass is 16.4. The van der Waals surface area contributed by atoms with Crippen LogP contribution in [0.15, 0.2) is 60.8 Å². The summed E-state index contributed by atoms with van der Waals surface area (Å²) in [7, 11) is 0. The van der Waals surface area contributed by atoms with Crippen molar-refractivity contribution in [1.29, 1.82) is 0 Å². The highest BCUT2D eigenvalue weighted by molar-refractivity contribution is 5.85. The Labute approximate surface area is 163 Å². The van der Waals surface area contributed by atoms with Crippen molar-refractivity contribution in [2.24, 2.45) is 0 Å². The van der Waals surface area contributed by atoms with Gasteiger partial charge in [0.25, 0.3) is 0 Å². The third-order valence-electron chi connectivity index (χ3n) is 4.76. The molecule has 0 aliphatic carbocycles. The fraction of sp³-hybridized carbons (Fsp3) is 0.227. The largest absolute Gasteiger partial charge is 0.480 e. The van der Waals surface area contributed by atoms with Gasteiger partial charge >= 0.3 is 5.97 Å². The van der Waals surface area contributed by atoms with E-state index in [0.717, 1.165) is 16.7 Å². The summed E-state index contributed by atoms with van der Waals surface area (Å²) < 4.78 is 0. The standard InChI is InChI=1S/C22H22N2O4/c1-15(25)24-12-11-17-9-5-6-10-18(17)20(24)14-21(26)23-19(22(27)28)13-16-7-3-2-4-8-16/h2-12,19-20H,13-14H2,1H3,(H,23,26)(H,27,28)/t19-,20-/m1/s1. The van der Waals surface area contributed by atoms with E-state index in [2.05, 4.69) is 5.32 Å². The molecule has 0 saturated carbocycles. The number of amides is 2. The van der Waals surface area contributed by atoms with Crippen molar-refractivity contribution < 1.29 is 19.5 Å². The van der Waals surface area contributed by atoms with E-state index in [1.807, 2.05) is 60.7 Å². The van der Waals surface area contributed by atoms with E-state index in [9.17, 15) is 19.5 Å². The van der Waals surface area contributed by atoms with Gasteiger partial charge < -0.3 is 15.3 Å². The molecular weight excluding hydrogens is 356 g/mol. The Hall–Kier alpha value is -3.41. The lowest BCUT2D eigenvalue weighted by atomic mass is 9.93. The summed E-state index contributed by atoms with van der Waals surface area (Å²) in [6, 6.07) is 15.2. The number of nitrogens with one attached hydrogen (secondary N) is 1. The molecule has 0 aromatic heterocycles. The Bertz CT molecular complexity index is 908. The zero-order chi connectivity index (χ0) is 20.1. The summed E-state index contributed by atoms with van der Waals surface area (Å²) in [6.07, 6.45) is 3.68. The number of hydrogen-bond acceptors (Lipinski definition) is 3. The number of fused-ring (bicyclic) bond motifs is 1. The fourth-order valence-corrected chi connectivity index (χ4v) is 3.39. The first-order valence-corrected chi connectivity index (χ1v) is 9.08. The Morgan fingerprint density at radius 2 is 1.75 bits per heavy atom. The smallest absolute Gasteiger partial charge is 0.326 e. The summed E-state index contributed by atoms with van der Waals surface area (Å²) in [4.78, 5) is 37.8. The van der Waals surface area contributed by atoms with E-state index < -0.39 is 24.0 Å². The number of nitrogens with zero attached hydrogens (tertiary/aromatic N) is 1. The Morgan fingerprint density at radius 1 is 1.07 bits per heavy atom. The molecule has 2 atom stereocenters. The zero-order valence-corrected chi connectivity index (χ0v) is 15.5. The van der Waals surface area contributed by atoms with Gasteiger partial charge in [0, 0.05) is 19.5 Å². The van der Waals surface area contributed by atoms with E-state index >= 15 is 0 Å². The van der Waals surface area contributed by atoms with Crippen LogP contribution in [0.2, 0.25) is 0 Å². The topological polar surface area (TPSA) is 86.7 Å². The second kappa shape index (κ2) is 8.52. The average Bonchev–Trinajstić information content (AvgIpc) is 2.68. The molecule has 1 heterocycles. The summed E-state index contributed by atoms with van der Waals surface area (Å²) in [6.45, 7) is 1.44. The van der Waals surface area contributed by atoms with Crippen LogP contribution in [0.25, 0.3) is 6.08 Å². The van der Waals surface area contributed by atoms with Gasteiger partial charge in [-0.05, 0) is 22.8 Å². The lowest BCUT2D eigenvalue weighted by molar-refractivity contribution is -0.142. The number of carbonyl (C=O) groups is 3. The highest BCUT2D eigenvalue weighted by Gasteiger charge is 2.29. The SMILES string of the molecule is CC(=O)N1C=Cc2ccccc2[C@H]1CC(=O)N[C@H](Cc1ccccc1)C(=O)O. The second-order valence-corrected chi connectivity index (χ2v) is 6.74. The van der Waals surface area contributed by atoms with Crippen molar-refractivity contribution >= 4 is 23.9 Å². The van der Waals surface area contributed by atoms with Gasteiger partial charge in [0.1, 0.15) is 6.04 Å². The molecule has 2 N–H and O–H groups in total. The van der Waals surface area contributed by atoms with E-state index in [1.165, 1.54) is 11.8 Å². The minimum absolute atomic E-state index is 0.0144. The van der Waals surface area contributed by atoms with Gasteiger partial charge in [-0.2, -0.15) is 0 Å². The molecule has 0 unspecified atom stereocenters. The molecular formula is C22H22N2O4. The monoisotopic (exact) mass is 378 g/mol. The number of carboxylic acids is 1. The molecule has 6 nitrogen and oxygen atoms in total. The van der Waals surface area contributed by atoms with Crippen molar-refractivity contribution in [1.82, 2.24) is 10.2 Å². The van der Waals surface area contributed by atoms with Gasteiger partial charge in [-0.3, -0.25) is 9.59 Å². The Balaban J connectivity index is 1.75. The van der Waals surface area contributed by atoms with Crippen LogP contribution in [0.4, 0.5) is 0 Å². The molecule has 0 saturated heterocycles. The molecule has 2 aromatic carbocycles. The van der Waals surface area contributed by atoms with Crippen LogP contribution >= 0.6 is 0 Å². The molecule has 3 rings (SSSR count). The first kappa shape index (κ1) is 19.4. The zero-order valence-electron chi connectivity index (χ0n) is 15.5. The van der Waals surface area contributed by atoms with Crippen LogP contribution in [-0.2, 0) is 20.8 Å². The van der Waals surface area contributed by atoms with Crippen molar-refractivity contribution in [2.45, 2.75) is 31.8 Å². The minimum atomic E-state index is -1.09. The maximum atomic E-state index is 12.7. The van der Waals surface area contributed by atoms with E-state index in [-0.39, 0.29) is 18.7 Å². The van der Waals surface area contributed by atoms with Crippen LogP contribution in [-0.4, -0.2) is 33.8 Å². The van der Waals surface area contributed by atoms with Gasteiger partial charge in [0.2, 0.25) is 11.8 Å². The molecule has 0 spiro atoms. The van der Waals surface area contributed by atoms with Gasteiger partial charge in [-0.25, -0.2) is 4.79 Å². The van der Waals surface area contributed by atoms with Crippen molar-refractivity contribution in [2.75, 3.05) is 0 Å².